The third kappa shape index (κ3) is 4.48. The predicted molar refractivity (Wildman–Crippen MR) is 123 cm³/mol. The van der Waals surface area contributed by atoms with Crippen molar-refractivity contribution in [2.24, 2.45) is 0 Å². The highest BCUT2D eigenvalue weighted by molar-refractivity contribution is 6.10. The van der Waals surface area contributed by atoms with Crippen molar-refractivity contribution < 1.29 is 18.8 Å². The third-order valence-electron chi connectivity index (χ3n) is 5.87. The molecule has 1 aliphatic rings. The minimum absolute atomic E-state index is 0.265. The zero-order valence-electron chi connectivity index (χ0n) is 18.2. The number of halogens is 1. The van der Waals surface area contributed by atoms with Crippen LogP contribution in [0.5, 0.6) is 0 Å². The molecule has 6 nitrogen and oxygen atoms in total. The summed E-state index contributed by atoms with van der Waals surface area (Å²) in [5.74, 6) is -1.45. The second-order valence-electron chi connectivity index (χ2n) is 7.95. The molecule has 33 heavy (non-hydrogen) atoms. The lowest BCUT2D eigenvalue weighted by Gasteiger charge is -2.25. The second kappa shape index (κ2) is 9.24. The van der Waals surface area contributed by atoms with Crippen LogP contribution in [-0.2, 0) is 21.5 Å². The van der Waals surface area contributed by atoms with Gasteiger partial charge in [0, 0.05) is 5.69 Å². The standard InChI is InChI=1S/C26H24FN3O3/c1-2-26(20-12-14-21(27)15-13-20)24(32)30(25(33)29-26)17-23(31)28-22-11-7-6-10-19(22)16-18-8-4-3-5-9-18/h3-15H,2,16-17H2,1H3,(H,28,31)(H,29,33). The van der Waals surface area contributed by atoms with Crippen LogP contribution in [0.25, 0.3) is 0 Å². The van der Waals surface area contributed by atoms with Gasteiger partial charge in [0.25, 0.3) is 5.91 Å². The van der Waals surface area contributed by atoms with E-state index in [0.717, 1.165) is 16.0 Å². The molecule has 1 unspecified atom stereocenters. The Morgan fingerprint density at radius 3 is 2.33 bits per heavy atom. The lowest BCUT2D eigenvalue weighted by atomic mass is 9.87. The first kappa shape index (κ1) is 22.2. The number of benzene rings is 3. The van der Waals surface area contributed by atoms with Crippen molar-refractivity contribution >= 4 is 23.5 Å². The number of carbonyl (C=O) groups excluding carboxylic acids is 3. The first-order valence-corrected chi connectivity index (χ1v) is 10.7. The normalized spacial score (nSPS) is 17.7. The average molecular weight is 445 g/mol. The van der Waals surface area contributed by atoms with Gasteiger partial charge >= 0.3 is 6.03 Å². The summed E-state index contributed by atoms with van der Waals surface area (Å²) in [4.78, 5) is 39.6. The Balaban J connectivity index is 1.50. The molecule has 1 saturated heterocycles. The van der Waals surface area contributed by atoms with E-state index in [4.69, 9.17) is 0 Å². The first-order chi connectivity index (χ1) is 15.9. The molecule has 2 N–H and O–H groups in total. The lowest BCUT2D eigenvalue weighted by molar-refractivity contribution is -0.134. The lowest BCUT2D eigenvalue weighted by Crippen LogP contribution is -2.44. The van der Waals surface area contributed by atoms with E-state index in [1.165, 1.54) is 24.3 Å². The van der Waals surface area contributed by atoms with Crippen LogP contribution in [0.4, 0.5) is 14.9 Å². The number of amides is 4. The summed E-state index contributed by atoms with van der Waals surface area (Å²) in [5.41, 5.74) is 1.79. The molecule has 3 aromatic carbocycles. The number of hydrogen-bond acceptors (Lipinski definition) is 3. The molecule has 1 heterocycles. The quantitative estimate of drug-likeness (QED) is 0.535. The molecule has 0 aromatic heterocycles. The van der Waals surface area contributed by atoms with Gasteiger partial charge < -0.3 is 10.6 Å². The van der Waals surface area contributed by atoms with E-state index < -0.39 is 35.7 Å². The van der Waals surface area contributed by atoms with Gasteiger partial charge in [-0.25, -0.2) is 9.18 Å². The maximum absolute atomic E-state index is 13.4. The fraction of sp³-hybridized carbons (Fsp3) is 0.192. The highest BCUT2D eigenvalue weighted by Gasteiger charge is 2.51. The monoisotopic (exact) mass is 445 g/mol. The van der Waals surface area contributed by atoms with Crippen molar-refractivity contribution in [1.29, 1.82) is 0 Å². The summed E-state index contributed by atoms with van der Waals surface area (Å²) >= 11 is 0. The van der Waals surface area contributed by atoms with Gasteiger partial charge in [-0.3, -0.25) is 14.5 Å². The Hall–Kier alpha value is -4.00. The molecule has 0 radical (unpaired) electrons. The first-order valence-electron chi connectivity index (χ1n) is 10.7. The number of anilines is 1. The van der Waals surface area contributed by atoms with E-state index in [1.807, 2.05) is 48.5 Å². The summed E-state index contributed by atoms with van der Waals surface area (Å²) in [5, 5.41) is 5.53. The summed E-state index contributed by atoms with van der Waals surface area (Å²) < 4.78 is 13.4. The van der Waals surface area contributed by atoms with Crippen LogP contribution < -0.4 is 10.6 Å². The molecule has 168 valence electrons. The Morgan fingerprint density at radius 2 is 1.64 bits per heavy atom. The highest BCUT2D eigenvalue weighted by atomic mass is 19.1. The molecule has 0 bridgehead atoms. The molecule has 3 aromatic rings. The number of carbonyl (C=O) groups is 3. The zero-order valence-corrected chi connectivity index (χ0v) is 18.2. The molecule has 4 rings (SSSR count). The van der Waals surface area contributed by atoms with Crippen molar-refractivity contribution in [2.45, 2.75) is 25.3 Å². The number of nitrogens with zero attached hydrogens (tertiary/aromatic N) is 1. The molecule has 7 heteroatoms. The molecule has 0 spiro atoms. The topological polar surface area (TPSA) is 78.5 Å². The Kier molecular flexibility index (Phi) is 6.22. The Morgan fingerprint density at radius 1 is 0.970 bits per heavy atom. The van der Waals surface area contributed by atoms with Crippen molar-refractivity contribution in [1.82, 2.24) is 10.2 Å². The molecular formula is C26H24FN3O3. The van der Waals surface area contributed by atoms with Gasteiger partial charge in [0.15, 0.2) is 0 Å². The average Bonchev–Trinajstić information content (AvgIpc) is 3.06. The van der Waals surface area contributed by atoms with Crippen molar-refractivity contribution in [3.05, 3.63) is 101 Å². The van der Waals surface area contributed by atoms with Crippen LogP contribution in [0.2, 0.25) is 0 Å². The number of rotatable bonds is 7. The van der Waals surface area contributed by atoms with Gasteiger partial charge in [0.1, 0.15) is 17.9 Å². The highest BCUT2D eigenvalue weighted by Crippen LogP contribution is 2.32. The van der Waals surface area contributed by atoms with Crippen LogP contribution >= 0.6 is 0 Å². The maximum atomic E-state index is 13.4. The minimum atomic E-state index is -1.32. The van der Waals surface area contributed by atoms with Crippen molar-refractivity contribution in [3.63, 3.8) is 0 Å². The van der Waals surface area contributed by atoms with E-state index >= 15 is 0 Å². The number of para-hydroxylation sites is 1. The summed E-state index contributed by atoms with van der Waals surface area (Å²) in [7, 11) is 0. The van der Waals surface area contributed by atoms with Crippen LogP contribution in [0.1, 0.15) is 30.0 Å². The van der Waals surface area contributed by atoms with Gasteiger partial charge in [-0.15, -0.1) is 0 Å². The molecule has 1 fully saturated rings. The van der Waals surface area contributed by atoms with Crippen LogP contribution in [0, 0.1) is 5.82 Å². The van der Waals surface area contributed by atoms with Gasteiger partial charge in [0.05, 0.1) is 0 Å². The van der Waals surface area contributed by atoms with Crippen molar-refractivity contribution in [2.75, 3.05) is 11.9 Å². The maximum Gasteiger partial charge on any atom is 0.325 e. The molecule has 1 atom stereocenters. The largest absolute Gasteiger partial charge is 0.325 e. The third-order valence-corrected chi connectivity index (χ3v) is 5.87. The Bertz CT molecular complexity index is 1180. The molecule has 1 aliphatic heterocycles. The smallest absolute Gasteiger partial charge is 0.324 e. The molecule has 4 amide bonds. The van der Waals surface area contributed by atoms with E-state index in [2.05, 4.69) is 10.6 Å². The van der Waals surface area contributed by atoms with E-state index in [-0.39, 0.29) is 6.42 Å². The fourth-order valence-corrected chi connectivity index (χ4v) is 4.09. The van der Waals surface area contributed by atoms with Crippen LogP contribution in [-0.4, -0.2) is 29.3 Å². The SMILES string of the molecule is CCC1(c2ccc(F)cc2)NC(=O)N(CC(=O)Nc2ccccc2Cc2ccccc2)C1=O. The molecular weight excluding hydrogens is 421 g/mol. The summed E-state index contributed by atoms with van der Waals surface area (Å²) in [6.45, 7) is 1.33. The number of imide groups is 1. The molecule has 0 aliphatic carbocycles. The number of nitrogens with one attached hydrogen (secondary N) is 2. The van der Waals surface area contributed by atoms with E-state index in [1.54, 1.807) is 13.0 Å². The second-order valence-corrected chi connectivity index (χ2v) is 7.95. The van der Waals surface area contributed by atoms with E-state index in [9.17, 15) is 18.8 Å². The van der Waals surface area contributed by atoms with E-state index in [0.29, 0.717) is 17.7 Å². The number of hydrogen-bond donors (Lipinski definition) is 2. The summed E-state index contributed by atoms with van der Waals surface area (Å²) in [6.07, 6.45) is 0.894. The fourth-order valence-electron chi connectivity index (χ4n) is 4.09. The van der Waals surface area contributed by atoms with Gasteiger partial charge in [-0.1, -0.05) is 67.6 Å². The van der Waals surface area contributed by atoms with Crippen molar-refractivity contribution in [3.8, 4) is 0 Å². The van der Waals surface area contributed by atoms with Gasteiger partial charge in [-0.05, 0) is 47.7 Å². The number of urea groups is 1. The van der Waals surface area contributed by atoms with Crippen LogP contribution in [0.15, 0.2) is 78.9 Å². The minimum Gasteiger partial charge on any atom is -0.324 e. The van der Waals surface area contributed by atoms with Gasteiger partial charge in [-0.2, -0.15) is 0 Å². The Labute approximate surface area is 191 Å². The predicted octanol–water partition coefficient (Wildman–Crippen LogP) is 4.21. The zero-order chi connectivity index (χ0) is 23.4. The summed E-state index contributed by atoms with van der Waals surface area (Å²) in [6, 6.07) is 22.1. The molecule has 0 saturated carbocycles. The van der Waals surface area contributed by atoms with Gasteiger partial charge in [0.2, 0.25) is 5.91 Å². The van der Waals surface area contributed by atoms with Crippen LogP contribution in [0.3, 0.4) is 0 Å².